The van der Waals surface area contributed by atoms with E-state index < -0.39 is 29.3 Å². The molecule has 0 bridgehead atoms. The van der Waals surface area contributed by atoms with Crippen molar-refractivity contribution in [1.29, 1.82) is 0 Å². The Morgan fingerprint density at radius 1 is 0.969 bits per heavy atom. The molecule has 2 heterocycles. The number of amides is 2. The van der Waals surface area contributed by atoms with Crippen LogP contribution >= 0.6 is 0 Å². The first kappa shape index (κ1) is 27.2. The lowest BCUT2D eigenvalue weighted by atomic mass is 10.2. The number of carbonyl (C=O) groups is 2. The van der Waals surface area contributed by atoms with Crippen LogP contribution in [-0.2, 0) is 27.3 Å². The second kappa shape index (κ2) is 10.5. The minimum atomic E-state index is -2.73. The summed E-state index contributed by atoms with van der Waals surface area (Å²) in [6.45, 7) is 19.3. The minimum absolute atomic E-state index is 0.215. The predicted molar refractivity (Wildman–Crippen MR) is 128 cm³/mol. The zero-order chi connectivity index (χ0) is 24.4. The smallest absolute Gasteiger partial charge is 0.335 e. The van der Waals surface area contributed by atoms with E-state index in [2.05, 4.69) is 55.4 Å². The van der Waals surface area contributed by atoms with Gasteiger partial charge in [-0.2, -0.15) is 0 Å². The first-order valence-electron chi connectivity index (χ1n) is 11.7. The van der Waals surface area contributed by atoms with E-state index >= 15 is 0 Å². The van der Waals surface area contributed by atoms with Gasteiger partial charge in [0, 0.05) is 18.2 Å². The lowest BCUT2D eigenvalue weighted by Gasteiger charge is -2.51. The molecule has 10 heteroatoms. The van der Waals surface area contributed by atoms with Crippen LogP contribution in [0.1, 0.15) is 68.7 Å². The van der Waals surface area contributed by atoms with E-state index in [0.717, 1.165) is 0 Å². The van der Waals surface area contributed by atoms with Crippen LogP contribution in [0.5, 0.6) is 0 Å². The van der Waals surface area contributed by atoms with Crippen molar-refractivity contribution in [3.05, 3.63) is 11.8 Å². The van der Waals surface area contributed by atoms with Gasteiger partial charge in [0.05, 0.1) is 12.7 Å². The summed E-state index contributed by atoms with van der Waals surface area (Å²) in [5.74, 6) is -0.579. The maximum atomic E-state index is 11.8. The largest absolute Gasteiger partial charge is 0.414 e. The van der Waals surface area contributed by atoms with Gasteiger partial charge in [-0.25, -0.2) is 0 Å². The molecule has 3 atom stereocenters. The fourth-order valence-electron chi connectivity index (χ4n) is 4.79. The highest BCUT2D eigenvalue weighted by Crippen LogP contribution is 2.47. The molecule has 2 rings (SSSR count). The normalized spacial score (nSPS) is 28.0. The van der Waals surface area contributed by atoms with Crippen LogP contribution in [-0.4, -0.2) is 59.4 Å². The molecule has 184 valence electrons. The number of fused-ring (bicyclic) bond motifs is 1. The van der Waals surface area contributed by atoms with Gasteiger partial charge >= 0.3 is 17.1 Å². The maximum absolute atomic E-state index is 11.8. The van der Waals surface area contributed by atoms with Gasteiger partial charge in [-0.3, -0.25) is 14.5 Å². The average Bonchev–Trinajstić information content (AvgIpc) is 3.06. The van der Waals surface area contributed by atoms with Gasteiger partial charge in [-0.1, -0.05) is 55.4 Å². The molecule has 2 fully saturated rings. The second-order valence-corrected chi connectivity index (χ2v) is 19.1. The van der Waals surface area contributed by atoms with Gasteiger partial charge in [0.25, 0.3) is 0 Å². The van der Waals surface area contributed by atoms with Crippen molar-refractivity contribution < 1.29 is 27.3 Å². The van der Waals surface area contributed by atoms with Gasteiger partial charge in [-0.15, -0.1) is 0 Å². The second-order valence-electron chi connectivity index (χ2n) is 10.2. The number of primary amides is 1. The maximum Gasteiger partial charge on any atom is 0.335 e. The number of ether oxygens (including phenoxy) is 1. The fraction of sp³-hybridized carbons (Fsp3) is 0.818. The lowest BCUT2D eigenvalue weighted by molar-refractivity contribution is -0.128. The van der Waals surface area contributed by atoms with Crippen molar-refractivity contribution in [2.24, 2.45) is 5.73 Å². The lowest BCUT2D eigenvalue weighted by Crippen LogP contribution is -2.65. The van der Waals surface area contributed by atoms with Gasteiger partial charge in [0.2, 0.25) is 12.3 Å². The molecule has 2 aliphatic rings. The zero-order valence-electron chi connectivity index (χ0n) is 21.1. The number of hydrogen-bond donors (Lipinski definition) is 1. The van der Waals surface area contributed by atoms with Crippen molar-refractivity contribution in [2.75, 3.05) is 6.61 Å². The predicted octanol–water partition coefficient (Wildman–Crippen LogP) is 3.91. The number of rotatable bonds is 8. The Bertz CT molecular complexity index is 697. The molecule has 0 spiro atoms. The Morgan fingerprint density at radius 2 is 1.50 bits per heavy atom. The molecule has 2 N–H and O–H groups in total. The number of nitrogens with two attached hydrogens (primary N) is 1. The average molecular weight is 487 g/mol. The van der Waals surface area contributed by atoms with Crippen LogP contribution < -0.4 is 5.73 Å². The van der Waals surface area contributed by atoms with Crippen LogP contribution in [0.15, 0.2) is 11.8 Å². The quantitative estimate of drug-likeness (QED) is 0.317. The van der Waals surface area contributed by atoms with E-state index in [1.807, 2.05) is 0 Å². The van der Waals surface area contributed by atoms with E-state index in [9.17, 15) is 9.59 Å². The SMILES string of the molecule is C/C(=C/N(C=O)[C@H]1CC2O[Si](C(C)C)(C(C)C)O[Si](C(C)C)(C(C)C)OC[C@H]2O1)C(N)=O. The topological polar surface area (TPSA) is 100 Å². The minimum Gasteiger partial charge on any atom is -0.414 e. The Labute approximate surface area is 195 Å². The highest BCUT2D eigenvalue weighted by Gasteiger charge is 2.60. The summed E-state index contributed by atoms with van der Waals surface area (Å²) in [6, 6.07) is 0. The summed E-state index contributed by atoms with van der Waals surface area (Å²) in [4.78, 5) is 24.6. The molecule has 0 saturated carbocycles. The molecule has 0 aliphatic carbocycles. The Kier molecular flexibility index (Phi) is 8.91. The number of carbonyl (C=O) groups excluding carboxylic acids is 2. The van der Waals surface area contributed by atoms with Gasteiger partial charge in [0.15, 0.2) is 0 Å². The fourth-order valence-corrected chi connectivity index (χ4v) is 16.0. The highest BCUT2D eigenvalue weighted by molar-refractivity contribution is 6.83. The van der Waals surface area contributed by atoms with Gasteiger partial charge in [0.1, 0.15) is 12.3 Å². The van der Waals surface area contributed by atoms with Crippen LogP contribution in [0.2, 0.25) is 22.2 Å². The number of hydrogen-bond acceptors (Lipinski definition) is 6. The van der Waals surface area contributed by atoms with Crippen LogP contribution in [0, 0.1) is 0 Å². The third-order valence-electron chi connectivity index (χ3n) is 6.71. The van der Waals surface area contributed by atoms with Crippen molar-refractivity contribution in [2.45, 2.75) is 109 Å². The summed E-state index contributed by atoms with van der Waals surface area (Å²) in [5.41, 5.74) is 6.55. The van der Waals surface area contributed by atoms with E-state index in [4.69, 9.17) is 23.4 Å². The molecule has 2 saturated heterocycles. The monoisotopic (exact) mass is 486 g/mol. The molecule has 2 amide bonds. The van der Waals surface area contributed by atoms with Crippen molar-refractivity contribution in [3.63, 3.8) is 0 Å². The van der Waals surface area contributed by atoms with E-state index in [1.54, 1.807) is 6.92 Å². The van der Waals surface area contributed by atoms with Crippen LogP contribution in [0.4, 0.5) is 0 Å². The molecule has 32 heavy (non-hydrogen) atoms. The van der Waals surface area contributed by atoms with Crippen molar-refractivity contribution in [3.8, 4) is 0 Å². The first-order valence-corrected chi connectivity index (χ1v) is 15.6. The summed E-state index contributed by atoms with van der Waals surface area (Å²) < 4.78 is 27.1. The standard InChI is InChI=1S/C22H42N2O6Si2/c1-14(2)31(15(3)4)27-12-20-19(29-32(30-31,16(5)6)17(7)8)10-21(28-20)24(13-25)11-18(9)22(23)26/h11,13-17,19-21H,10,12H2,1-9H3,(H2,23,26)/b18-11-/t19?,20-,21-/m1/s1. The molecule has 0 aromatic rings. The highest BCUT2D eigenvalue weighted by atomic mass is 28.5. The summed E-state index contributed by atoms with van der Waals surface area (Å²) in [7, 11) is -5.37. The first-order chi connectivity index (χ1) is 14.8. The molecule has 0 aromatic heterocycles. The summed E-state index contributed by atoms with van der Waals surface area (Å²) in [5, 5.41) is 0. The third-order valence-corrected chi connectivity index (χ3v) is 17.0. The molecular weight excluding hydrogens is 444 g/mol. The number of nitrogens with zero attached hydrogens (tertiary/aromatic N) is 1. The Morgan fingerprint density at radius 3 is 1.94 bits per heavy atom. The third kappa shape index (κ3) is 5.20. The summed E-state index contributed by atoms with van der Waals surface area (Å²) in [6.07, 6.45) is 1.44. The van der Waals surface area contributed by atoms with E-state index in [-0.39, 0.29) is 39.9 Å². The molecule has 8 nitrogen and oxygen atoms in total. The zero-order valence-corrected chi connectivity index (χ0v) is 23.1. The van der Waals surface area contributed by atoms with Crippen LogP contribution in [0.25, 0.3) is 0 Å². The van der Waals surface area contributed by atoms with E-state index in [1.165, 1.54) is 11.1 Å². The molecule has 2 aliphatic heterocycles. The van der Waals surface area contributed by atoms with Crippen molar-refractivity contribution in [1.82, 2.24) is 4.90 Å². The van der Waals surface area contributed by atoms with Crippen LogP contribution in [0.3, 0.4) is 0 Å². The Balaban J connectivity index is 2.46. The summed E-state index contributed by atoms with van der Waals surface area (Å²) >= 11 is 0. The van der Waals surface area contributed by atoms with Crippen molar-refractivity contribution >= 4 is 29.4 Å². The van der Waals surface area contributed by atoms with E-state index in [0.29, 0.717) is 19.4 Å². The van der Waals surface area contributed by atoms with Gasteiger partial charge in [-0.05, 0) is 29.1 Å². The van der Waals surface area contributed by atoms with Gasteiger partial charge < -0.3 is 23.4 Å². The molecule has 1 unspecified atom stereocenters. The molecule has 0 radical (unpaired) electrons. The Hall–Kier alpha value is -1.05. The molecule has 0 aromatic carbocycles. The molecular formula is C22H42N2O6Si2.